The minimum Gasteiger partial charge on any atom is -0.480 e. The van der Waals surface area contributed by atoms with Crippen LogP contribution in [0.5, 0.6) is 0 Å². The van der Waals surface area contributed by atoms with Crippen molar-refractivity contribution in [3.63, 3.8) is 0 Å². The fourth-order valence-corrected chi connectivity index (χ4v) is 11.7. The summed E-state index contributed by atoms with van der Waals surface area (Å²) >= 11 is 0. The van der Waals surface area contributed by atoms with Crippen LogP contribution in [0.25, 0.3) is 0 Å². The van der Waals surface area contributed by atoms with Crippen LogP contribution in [-0.2, 0) is 114 Å². The third-order valence-electron chi connectivity index (χ3n) is 18.6. The zero-order valence-electron chi connectivity index (χ0n) is 75.2. The first kappa shape index (κ1) is 112. The van der Waals surface area contributed by atoms with Gasteiger partial charge in [-0.05, 0) is 123 Å². The molecule has 113 heavy (non-hydrogen) atoms. The van der Waals surface area contributed by atoms with Gasteiger partial charge >= 0.3 is 5.97 Å². The maximum Gasteiger partial charge on any atom is 0.329 e. The standard InChI is InChI=1S/C87H175NO25/c1-18-20-22-24-26-28-30-32-34-36-38-88(17,39-37-35-33-31-29-27-25-23-21-19-2)58-73(3)101-60-75(5)103-62-77(7)105-64-79(9)107-66-81(11)109-68-83(13)111-70-85(15)113-71-86(16)112-69-84(14)110-67-82(12)108-65-80(10)106-63-78(8)104-61-76(6)102-59-74(4)100-57-56-98-53-52-96-49-48-94-45-44-92-41-40-91-42-43-93-46-47-95-50-51-97-54-55-99-72-87(89)90/h73-86H,18-72H2,1-17H3/p+1. The predicted octanol–water partition coefficient (Wildman–Crippen LogP) is 14.2. The van der Waals surface area contributed by atoms with Gasteiger partial charge in [0.2, 0.25) is 0 Å². The lowest BCUT2D eigenvalue weighted by atomic mass is 10.1. The second-order valence-corrected chi connectivity index (χ2v) is 31.5. The van der Waals surface area contributed by atoms with Crippen molar-refractivity contribution in [1.29, 1.82) is 0 Å². The maximum absolute atomic E-state index is 10.4. The molecule has 26 nitrogen and oxygen atoms in total. The van der Waals surface area contributed by atoms with E-state index in [0.29, 0.717) is 198 Å². The van der Waals surface area contributed by atoms with E-state index in [-0.39, 0.29) is 98.7 Å². The number of rotatable bonds is 93. The Hall–Kier alpha value is -1.49. The maximum atomic E-state index is 10.4. The Morgan fingerprint density at radius 1 is 0.221 bits per heavy atom. The molecule has 0 aliphatic carbocycles. The van der Waals surface area contributed by atoms with E-state index in [4.69, 9.17) is 114 Å². The van der Waals surface area contributed by atoms with Gasteiger partial charge in [-0.2, -0.15) is 0 Å². The van der Waals surface area contributed by atoms with E-state index in [1.807, 2.05) is 76.2 Å². The summed E-state index contributed by atoms with van der Waals surface area (Å²) in [6.07, 6.45) is 26.4. The second-order valence-electron chi connectivity index (χ2n) is 31.5. The van der Waals surface area contributed by atoms with Gasteiger partial charge in [-0.3, -0.25) is 0 Å². The Labute approximate surface area is 689 Å². The lowest BCUT2D eigenvalue weighted by molar-refractivity contribution is -0.912. The van der Waals surface area contributed by atoms with Crippen LogP contribution in [0.1, 0.15) is 239 Å². The molecular formula is C87H176NO25+. The Morgan fingerprint density at radius 3 is 0.575 bits per heavy atom. The summed E-state index contributed by atoms with van der Waals surface area (Å²) in [6, 6.07) is 0. The van der Waals surface area contributed by atoms with Gasteiger partial charge in [0.25, 0.3) is 0 Å². The molecule has 0 saturated carbocycles. The number of unbranched alkanes of at least 4 members (excludes halogenated alkanes) is 18. The van der Waals surface area contributed by atoms with Crippen LogP contribution in [0.4, 0.5) is 0 Å². The van der Waals surface area contributed by atoms with Crippen molar-refractivity contribution in [2.24, 2.45) is 0 Å². The summed E-state index contributed by atoms with van der Waals surface area (Å²) in [4.78, 5) is 10.4. The van der Waals surface area contributed by atoms with Crippen molar-refractivity contribution in [3.8, 4) is 0 Å². The number of nitrogens with zero attached hydrogens (tertiary/aromatic N) is 1. The summed E-state index contributed by atoms with van der Waals surface area (Å²) in [5.74, 6) is -1.00. The molecule has 0 aromatic carbocycles. The molecule has 1 N–H and O–H groups in total. The highest BCUT2D eigenvalue weighted by Gasteiger charge is 2.26. The number of ether oxygens (including phenoxy) is 23. The number of aliphatic carboxylic acids is 1. The molecule has 0 bridgehead atoms. The zero-order chi connectivity index (χ0) is 83.3. The molecule has 0 aliphatic heterocycles. The van der Waals surface area contributed by atoms with Crippen LogP contribution in [0, 0.1) is 0 Å². The van der Waals surface area contributed by atoms with Crippen LogP contribution in [0.15, 0.2) is 0 Å². The molecule has 0 heterocycles. The monoisotopic (exact) mass is 1640 g/mol. The second kappa shape index (κ2) is 81.5. The van der Waals surface area contributed by atoms with Crippen molar-refractivity contribution in [3.05, 3.63) is 0 Å². The first-order valence-electron chi connectivity index (χ1n) is 44.4. The van der Waals surface area contributed by atoms with Crippen LogP contribution < -0.4 is 0 Å². The number of carboxylic acids is 1. The van der Waals surface area contributed by atoms with Crippen molar-refractivity contribution in [2.75, 3.05) is 238 Å². The SMILES string of the molecule is CCCCCCCCCCCC[N+](C)(CCCCCCCCCCCC)CC(C)OCC(C)OCC(C)OCC(C)OCC(C)OCC(C)OCC(C)OCC(C)OCC(C)OCC(C)OCC(C)OCC(C)OCC(C)OCC(C)OCCOCCOCCOCCOCCOCCOCCOCCOCCOCC(=O)O. The lowest BCUT2D eigenvalue weighted by Crippen LogP contribution is -2.50. The Balaban J connectivity index is 4.03. The first-order chi connectivity index (χ1) is 54.6. The van der Waals surface area contributed by atoms with Gasteiger partial charge in [0, 0.05) is 0 Å². The van der Waals surface area contributed by atoms with Crippen molar-refractivity contribution >= 4 is 5.97 Å². The molecule has 678 valence electrons. The third kappa shape index (κ3) is 81.3. The number of carboxylic acid groups (broad SMARTS) is 1. The molecule has 0 fully saturated rings. The molecule has 0 rings (SSSR count). The van der Waals surface area contributed by atoms with Crippen molar-refractivity contribution in [1.82, 2.24) is 0 Å². The van der Waals surface area contributed by atoms with E-state index >= 15 is 0 Å². The molecule has 0 aromatic rings. The third-order valence-corrected chi connectivity index (χ3v) is 18.6. The Kier molecular flexibility index (Phi) is 80.4. The van der Waals surface area contributed by atoms with E-state index in [1.54, 1.807) is 0 Å². The normalized spacial score (nSPS) is 16.0. The van der Waals surface area contributed by atoms with Crippen LogP contribution in [0.3, 0.4) is 0 Å². The molecule has 0 aliphatic rings. The van der Waals surface area contributed by atoms with E-state index < -0.39 is 5.97 Å². The molecular weight excluding hydrogens is 1460 g/mol. The van der Waals surface area contributed by atoms with E-state index in [9.17, 15) is 4.79 Å². The summed E-state index contributed by atoms with van der Waals surface area (Å²) in [6.45, 7) is 50.0. The minimum atomic E-state index is -1.00. The van der Waals surface area contributed by atoms with Gasteiger partial charge < -0.3 is 119 Å². The topological polar surface area (TPSA) is 250 Å². The Bertz CT molecular complexity index is 1920. The average molecular weight is 1640 g/mol. The molecule has 14 atom stereocenters. The largest absolute Gasteiger partial charge is 0.480 e. The average Bonchev–Trinajstić information content (AvgIpc) is 0.880. The highest BCUT2D eigenvalue weighted by molar-refractivity contribution is 5.67. The van der Waals surface area contributed by atoms with Crippen molar-refractivity contribution in [2.45, 2.75) is 325 Å². The van der Waals surface area contributed by atoms with Crippen LogP contribution >= 0.6 is 0 Å². The van der Waals surface area contributed by atoms with E-state index in [0.717, 1.165) is 11.0 Å². The number of hydrogen-bond donors (Lipinski definition) is 1. The Morgan fingerprint density at radius 2 is 0.381 bits per heavy atom. The summed E-state index contributed by atoms with van der Waals surface area (Å²) in [5.41, 5.74) is 0. The van der Waals surface area contributed by atoms with Gasteiger partial charge in [0.1, 0.15) is 19.3 Å². The van der Waals surface area contributed by atoms with E-state index in [1.165, 1.54) is 142 Å². The number of quaternary nitrogens is 1. The zero-order valence-corrected chi connectivity index (χ0v) is 75.2. The first-order valence-corrected chi connectivity index (χ1v) is 44.4. The molecule has 0 spiro atoms. The molecule has 0 saturated heterocycles. The number of hydrogen-bond acceptors (Lipinski definition) is 24. The van der Waals surface area contributed by atoms with Gasteiger partial charge in [0.15, 0.2) is 0 Å². The van der Waals surface area contributed by atoms with Gasteiger partial charge in [-0.25, -0.2) is 4.79 Å². The lowest BCUT2D eigenvalue weighted by Gasteiger charge is -2.37. The summed E-state index contributed by atoms with van der Waals surface area (Å²) in [5, 5.41) is 8.50. The van der Waals surface area contributed by atoms with Crippen LogP contribution in [0.2, 0.25) is 0 Å². The van der Waals surface area contributed by atoms with Gasteiger partial charge in [-0.15, -0.1) is 0 Å². The molecule has 14 unspecified atom stereocenters. The van der Waals surface area contributed by atoms with Gasteiger partial charge in [-0.1, -0.05) is 117 Å². The molecule has 26 heteroatoms. The van der Waals surface area contributed by atoms with Crippen LogP contribution in [-0.4, -0.2) is 339 Å². The number of carbonyl (C=O) groups is 1. The smallest absolute Gasteiger partial charge is 0.329 e. The summed E-state index contributed by atoms with van der Waals surface area (Å²) in [7, 11) is 2.48. The van der Waals surface area contributed by atoms with E-state index in [2.05, 4.69) is 41.7 Å². The summed E-state index contributed by atoms with van der Waals surface area (Å²) < 4.78 is 135. The van der Waals surface area contributed by atoms with Gasteiger partial charge in [0.05, 0.1) is 304 Å². The highest BCUT2D eigenvalue weighted by Crippen LogP contribution is 2.19. The fraction of sp³-hybridized carbons (Fsp3) is 0.989. The highest BCUT2D eigenvalue weighted by atomic mass is 16.6. The predicted molar refractivity (Wildman–Crippen MR) is 445 cm³/mol. The quantitative estimate of drug-likeness (QED) is 0.0439. The molecule has 0 aromatic heterocycles. The molecule has 0 amide bonds. The minimum absolute atomic E-state index is 0.0175. The molecule has 0 radical (unpaired) electrons. The number of likely N-dealkylation sites (N-methyl/N-ethyl adjacent to an activating group) is 1. The fourth-order valence-electron chi connectivity index (χ4n) is 11.7. The van der Waals surface area contributed by atoms with Crippen molar-refractivity contribution < 1.29 is 123 Å².